The van der Waals surface area contributed by atoms with Crippen molar-refractivity contribution in [3.63, 3.8) is 0 Å². The molecule has 3 rings (SSSR count). The zero-order valence-electron chi connectivity index (χ0n) is 11.1. The van der Waals surface area contributed by atoms with E-state index in [9.17, 15) is 9.90 Å². The van der Waals surface area contributed by atoms with Gasteiger partial charge in [-0.3, -0.25) is 4.90 Å². The summed E-state index contributed by atoms with van der Waals surface area (Å²) in [4.78, 5) is 19.3. The van der Waals surface area contributed by atoms with E-state index in [0.29, 0.717) is 17.8 Å². The van der Waals surface area contributed by atoms with Crippen molar-refractivity contribution in [1.82, 2.24) is 9.88 Å². The van der Waals surface area contributed by atoms with Gasteiger partial charge in [-0.25, -0.2) is 9.78 Å². The molecule has 0 aromatic carbocycles. The first-order valence-electron chi connectivity index (χ1n) is 6.73. The third-order valence-electron chi connectivity index (χ3n) is 3.55. The first-order valence-corrected chi connectivity index (χ1v) is 7.61. The summed E-state index contributed by atoms with van der Waals surface area (Å²) in [5.41, 5.74) is 1.85. The number of thiophene rings is 1. The fourth-order valence-electron chi connectivity index (χ4n) is 2.53. The Morgan fingerprint density at radius 2 is 2.10 bits per heavy atom. The van der Waals surface area contributed by atoms with Crippen molar-refractivity contribution < 1.29 is 9.90 Å². The molecule has 4 nitrogen and oxygen atoms in total. The molecule has 1 fully saturated rings. The number of pyridine rings is 1. The van der Waals surface area contributed by atoms with E-state index in [-0.39, 0.29) is 0 Å². The minimum Gasteiger partial charge on any atom is -0.478 e. The summed E-state index contributed by atoms with van der Waals surface area (Å²) in [6.45, 7) is 2.69. The van der Waals surface area contributed by atoms with Gasteiger partial charge in [-0.1, -0.05) is 6.07 Å². The smallest absolute Gasteiger partial charge is 0.337 e. The van der Waals surface area contributed by atoms with E-state index in [1.54, 1.807) is 23.5 Å². The number of carbonyl (C=O) groups is 1. The van der Waals surface area contributed by atoms with Gasteiger partial charge in [0.2, 0.25) is 0 Å². The number of carboxylic acids is 1. The molecule has 0 saturated carbocycles. The van der Waals surface area contributed by atoms with Crippen molar-refractivity contribution in [1.29, 1.82) is 0 Å². The molecule has 5 heteroatoms. The van der Waals surface area contributed by atoms with Crippen LogP contribution in [-0.2, 0) is 6.54 Å². The van der Waals surface area contributed by atoms with Crippen LogP contribution in [0.4, 0.5) is 0 Å². The quantitative estimate of drug-likeness (QED) is 0.939. The zero-order valence-corrected chi connectivity index (χ0v) is 11.9. The summed E-state index contributed by atoms with van der Waals surface area (Å²) in [5.74, 6) is -0.899. The Hall–Kier alpha value is -1.72. The zero-order chi connectivity index (χ0) is 13.9. The van der Waals surface area contributed by atoms with Crippen LogP contribution in [0.25, 0.3) is 10.6 Å². The van der Waals surface area contributed by atoms with Crippen LogP contribution in [0.5, 0.6) is 0 Å². The van der Waals surface area contributed by atoms with Crippen LogP contribution in [-0.4, -0.2) is 34.0 Å². The molecule has 0 radical (unpaired) electrons. The van der Waals surface area contributed by atoms with Gasteiger partial charge in [-0.05, 0) is 49.5 Å². The van der Waals surface area contributed by atoms with E-state index < -0.39 is 5.97 Å². The Kier molecular flexibility index (Phi) is 3.80. The molecule has 0 spiro atoms. The number of aromatic carboxylic acids is 1. The Morgan fingerprint density at radius 1 is 1.30 bits per heavy atom. The van der Waals surface area contributed by atoms with Crippen LogP contribution in [0.3, 0.4) is 0 Å². The van der Waals surface area contributed by atoms with E-state index >= 15 is 0 Å². The summed E-state index contributed by atoms with van der Waals surface area (Å²) < 4.78 is 0. The highest BCUT2D eigenvalue weighted by Gasteiger charge is 2.18. The van der Waals surface area contributed by atoms with E-state index in [1.165, 1.54) is 12.8 Å². The summed E-state index contributed by atoms with van der Waals surface area (Å²) in [6, 6.07) is 7.46. The molecule has 1 N–H and O–H groups in total. The normalized spacial score (nSPS) is 15.6. The Morgan fingerprint density at radius 3 is 2.75 bits per heavy atom. The number of likely N-dealkylation sites (tertiary alicyclic amines) is 1. The predicted octanol–water partition coefficient (Wildman–Crippen LogP) is 3.10. The largest absolute Gasteiger partial charge is 0.478 e. The SMILES string of the molecule is O=C(O)c1ccc(-c2cccs2)nc1CN1CCCC1. The van der Waals surface area contributed by atoms with Gasteiger partial charge in [0, 0.05) is 6.54 Å². The Balaban J connectivity index is 1.94. The van der Waals surface area contributed by atoms with Crippen LogP contribution >= 0.6 is 11.3 Å². The molecule has 1 aliphatic heterocycles. The van der Waals surface area contributed by atoms with Crippen molar-refractivity contribution in [2.75, 3.05) is 13.1 Å². The first kappa shape index (κ1) is 13.3. The molecule has 0 amide bonds. The molecular weight excluding hydrogens is 272 g/mol. The standard InChI is InChI=1S/C15H16N2O2S/c18-15(19)11-5-6-12(14-4-3-9-20-14)16-13(11)10-17-7-1-2-8-17/h3-6,9H,1-2,7-8,10H2,(H,18,19). The van der Waals surface area contributed by atoms with Gasteiger partial charge < -0.3 is 5.11 Å². The lowest BCUT2D eigenvalue weighted by Gasteiger charge is -2.16. The summed E-state index contributed by atoms with van der Waals surface area (Å²) in [7, 11) is 0. The highest BCUT2D eigenvalue weighted by Crippen LogP contribution is 2.25. The average Bonchev–Trinajstić information content (AvgIpc) is 3.11. The average molecular weight is 288 g/mol. The van der Waals surface area contributed by atoms with Crippen LogP contribution < -0.4 is 0 Å². The minimum absolute atomic E-state index is 0.317. The van der Waals surface area contributed by atoms with Crippen molar-refractivity contribution in [3.8, 4) is 10.6 Å². The van der Waals surface area contributed by atoms with E-state index in [2.05, 4.69) is 9.88 Å². The molecule has 0 atom stereocenters. The first-order chi connectivity index (χ1) is 9.74. The molecule has 1 aliphatic rings. The minimum atomic E-state index is -0.899. The molecule has 0 bridgehead atoms. The Labute approximate surface area is 121 Å². The maximum atomic E-state index is 11.3. The van der Waals surface area contributed by atoms with Crippen LogP contribution in [0.1, 0.15) is 28.9 Å². The highest BCUT2D eigenvalue weighted by molar-refractivity contribution is 7.13. The lowest BCUT2D eigenvalue weighted by molar-refractivity contribution is 0.0694. The molecule has 0 aliphatic carbocycles. The van der Waals surface area contributed by atoms with Gasteiger partial charge in [0.25, 0.3) is 0 Å². The van der Waals surface area contributed by atoms with Gasteiger partial charge >= 0.3 is 5.97 Å². The third-order valence-corrected chi connectivity index (χ3v) is 4.44. The van der Waals surface area contributed by atoms with Crippen molar-refractivity contribution in [3.05, 3.63) is 40.9 Å². The molecule has 2 aromatic heterocycles. The molecule has 2 aromatic rings. The van der Waals surface area contributed by atoms with Crippen LogP contribution in [0.15, 0.2) is 29.6 Å². The van der Waals surface area contributed by atoms with Gasteiger partial charge in [0.15, 0.2) is 0 Å². The number of carboxylic acid groups (broad SMARTS) is 1. The van der Waals surface area contributed by atoms with E-state index in [1.807, 2.05) is 17.5 Å². The summed E-state index contributed by atoms with van der Waals surface area (Å²) in [5, 5.41) is 11.3. The van der Waals surface area contributed by atoms with Gasteiger partial charge in [0.1, 0.15) is 0 Å². The van der Waals surface area contributed by atoms with Crippen molar-refractivity contribution in [2.24, 2.45) is 0 Å². The number of rotatable bonds is 4. The second kappa shape index (κ2) is 5.73. The second-order valence-corrected chi connectivity index (χ2v) is 5.90. The summed E-state index contributed by atoms with van der Waals surface area (Å²) in [6.07, 6.45) is 2.38. The number of hydrogen-bond donors (Lipinski definition) is 1. The van der Waals surface area contributed by atoms with E-state index in [4.69, 9.17) is 0 Å². The third kappa shape index (κ3) is 2.73. The highest BCUT2D eigenvalue weighted by atomic mass is 32.1. The maximum Gasteiger partial charge on any atom is 0.337 e. The number of aromatic nitrogens is 1. The predicted molar refractivity (Wildman–Crippen MR) is 79.0 cm³/mol. The van der Waals surface area contributed by atoms with Gasteiger partial charge in [-0.15, -0.1) is 11.3 Å². The summed E-state index contributed by atoms with van der Waals surface area (Å²) >= 11 is 1.62. The van der Waals surface area contributed by atoms with Gasteiger partial charge in [-0.2, -0.15) is 0 Å². The molecular formula is C15H16N2O2S. The Bertz CT molecular complexity index is 604. The number of nitrogens with zero attached hydrogens (tertiary/aromatic N) is 2. The number of hydrogen-bond acceptors (Lipinski definition) is 4. The monoisotopic (exact) mass is 288 g/mol. The molecule has 3 heterocycles. The molecule has 0 unspecified atom stereocenters. The maximum absolute atomic E-state index is 11.3. The molecule has 1 saturated heterocycles. The molecule has 104 valence electrons. The van der Waals surface area contributed by atoms with Crippen LogP contribution in [0, 0.1) is 0 Å². The molecule has 20 heavy (non-hydrogen) atoms. The fourth-order valence-corrected chi connectivity index (χ4v) is 3.23. The fraction of sp³-hybridized carbons (Fsp3) is 0.333. The van der Waals surface area contributed by atoms with E-state index in [0.717, 1.165) is 23.7 Å². The lowest BCUT2D eigenvalue weighted by atomic mass is 10.1. The second-order valence-electron chi connectivity index (χ2n) is 4.96. The van der Waals surface area contributed by atoms with Gasteiger partial charge in [0.05, 0.1) is 21.8 Å². The van der Waals surface area contributed by atoms with Crippen molar-refractivity contribution >= 4 is 17.3 Å². The van der Waals surface area contributed by atoms with Crippen LogP contribution in [0.2, 0.25) is 0 Å². The topological polar surface area (TPSA) is 53.4 Å². The lowest BCUT2D eigenvalue weighted by Crippen LogP contribution is -2.21. The van der Waals surface area contributed by atoms with Crippen molar-refractivity contribution in [2.45, 2.75) is 19.4 Å².